The Labute approximate surface area is 160 Å². The molecule has 0 N–H and O–H groups in total. The highest BCUT2D eigenvalue weighted by molar-refractivity contribution is 7.99. The number of allylic oxidation sites excluding steroid dienone is 1. The standard InChI is InChI=1S/C21H26ClNOS/c1-3-5-17-10-13-19(15-8-11-18(22)12-9-15)23(21(17)24)20(14-25-4-2)16-6-7-16/h3,8-12,16,19-20H,1,4-7,13-14H2,2H3. The van der Waals surface area contributed by atoms with Crippen molar-refractivity contribution in [2.75, 3.05) is 11.5 Å². The van der Waals surface area contributed by atoms with Crippen LogP contribution in [0.5, 0.6) is 0 Å². The third-order valence-corrected chi connectivity index (χ3v) is 6.31. The van der Waals surface area contributed by atoms with Gasteiger partial charge in [-0.2, -0.15) is 11.8 Å². The number of hydrogen-bond acceptors (Lipinski definition) is 2. The Bertz CT molecular complexity index is 650. The molecule has 1 aromatic rings. The van der Waals surface area contributed by atoms with Crippen LogP contribution in [0.25, 0.3) is 0 Å². The number of carbonyl (C=O) groups excluding carboxylic acids is 1. The molecule has 3 rings (SSSR count). The predicted octanol–water partition coefficient (Wildman–Crippen LogP) is 5.65. The summed E-state index contributed by atoms with van der Waals surface area (Å²) in [6, 6.07) is 8.42. The zero-order valence-corrected chi connectivity index (χ0v) is 16.4. The molecule has 1 aliphatic heterocycles. The molecule has 1 aromatic carbocycles. The van der Waals surface area contributed by atoms with Crippen molar-refractivity contribution < 1.29 is 4.79 Å². The van der Waals surface area contributed by atoms with Crippen LogP contribution in [0.3, 0.4) is 0 Å². The first-order valence-corrected chi connectivity index (χ1v) is 10.6. The fourth-order valence-electron chi connectivity index (χ4n) is 3.61. The van der Waals surface area contributed by atoms with Crippen LogP contribution >= 0.6 is 23.4 Å². The Kier molecular flexibility index (Phi) is 6.29. The summed E-state index contributed by atoms with van der Waals surface area (Å²) < 4.78 is 0. The van der Waals surface area contributed by atoms with Crippen molar-refractivity contribution in [3.8, 4) is 0 Å². The molecule has 2 unspecified atom stereocenters. The first kappa shape index (κ1) is 18.6. The molecule has 0 spiro atoms. The minimum absolute atomic E-state index is 0.112. The molecule has 2 nitrogen and oxygen atoms in total. The summed E-state index contributed by atoms with van der Waals surface area (Å²) >= 11 is 8.00. The van der Waals surface area contributed by atoms with Gasteiger partial charge in [-0.25, -0.2) is 0 Å². The van der Waals surface area contributed by atoms with Gasteiger partial charge in [-0.3, -0.25) is 4.79 Å². The lowest BCUT2D eigenvalue weighted by atomic mass is 9.92. The van der Waals surface area contributed by atoms with Crippen LogP contribution in [-0.4, -0.2) is 28.4 Å². The molecule has 1 fully saturated rings. The molecular formula is C21H26ClNOS. The minimum Gasteiger partial charge on any atom is -0.327 e. The smallest absolute Gasteiger partial charge is 0.250 e. The summed E-state index contributed by atoms with van der Waals surface area (Å²) in [5.41, 5.74) is 2.08. The average molecular weight is 376 g/mol. The highest BCUT2D eigenvalue weighted by atomic mass is 35.5. The minimum atomic E-state index is 0.112. The first-order valence-electron chi connectivity index (χ1n) is 9.11. The van der Waals surface area contributed by atoms with Gasteiger partial charge in [0.25, 0.3) is 5.91 Å². The van der Waals surface area contributed by atoms with E-state index in [-0.39, 0.29) is 11.9 Å². The van der Waals surface area contributed by atoms with Gasteiger partial charge in [0, 0.05) is 22.4 Å². The second-order valence-electron chi connectivity index (χ2n) is 6.80. The largest absolute Gasteiger partial charge is 0.327 e. The SMILES string of the molecule is C=CCC1=CCC(c2ccc(Cl)cc2)N(C(CSCC)C2CC2)C1=O. The van der Waals surface area contributed by atoms with Crippen molar-refractivity contribution in [1.82, 2.24) is 4.90 Å². The lowest BCUT2D eigenvalue weighted by molar-refractivity contribution is -0.133. The van der Waals surface area contributed by atoms with Gasteiger partial charge in [-0.15, -0.1) is 6.58 Å². The average Bonchev–Trinajstić information content (AvgIpc) is 3.44. The summed E-state index contributed by atoms with van der Waals surface area (Å²) in [5.74, 6) is 2.96. The highest BCUT2D eigenvalue weighted by Gasteiger charge is 2.42. The molecular weight excluding hydrogens is 350 g/mol. The molecule has 4 heteroatoms. The Morgan fingerprint density at radius 1 is 1.36 bits per heavy atom. The maximum Gasteiger partial charge on any atom is 0.250 e. The van der Waals surface area contributed by atoms with E-state index in [2.05, 4.69) is 36.6 Å². The zero-order chi connectivity index (χ0) is 17.8. The van der Waals surface area contributed by atoms with Crippen LogP contribution in [0.1, 0.15) is 44.2 Å². The maximum absolute atomic E-state index is 13.3. The monoisotopic (exact) mass is 375 g/mol. The van der Waals surface area contributed by atoms with Gasteiger partial charge in [-0.05, 0) is 55.1 Å². The topological polar surface area (TPSA) is 20.3 Å². The van der Waals surface area contributed by atoms with E-state index in [9.17, 15) is 4.79 Å². The van der Waals surface area contributed by atoms with Crippen LogP contribution in [0.2, 0.25) is 5.02 Å². The second kappa shape index (κ2) is 8.46. The predicted molar refractivity (Wildman–Crippen MR) is 108 cm³/mol. The second-order valence-corrected chi connectivity index (χ2v) is 8.56. The number of amides is 1. The number of halogens is 1. The summed E-state index contributed by atoms with van der Waals surface area (Å²) in [5, 5.41) is 0.737. The van der Waals surface area contributed by atoms with E-state index < -0.39 is 0 Å². The van der Waals surface area contributed by atoms with Crippen molar-refractivity contribution in [2.45, 2.75) is 44.7 Å². The normalized spacial score (nSPS) is 21.8. The number of rotatable bonds is 8. The Morgan fingerprint density at radius 3 is 2.68 bits per heavy atom. The van der Waals surface area contributed by atoms with Crippen molar-refractivity contribution in [1.29, 1.82) is 0 Å². The molecule has 1 saturated carbocycles. The number of thioether (sulfide) groups is 1. The van der Waals surface area contributed by atoms with Gasteiger partial charge < -0.3 is 4.90 Å². The van der Waals surface area contributed by atoms with Crippen molar-refractivity contribution in [2.24, 2.45) is 5.92 Å². The highest BCUT2D eigenvalue weighted by Crippen LogP contribution is 2.43. The summed E-state index contributed by atoms with van der Waals surface area (Å²) in [6.07, 6.45) is 7.95. The van der Waals surface area contributed by atoms with Crippen LogP contribution < -0.4 is 0 Å². The van der Waals surface area contributed by atoms with Gasteiger partial charge in [0.15, 0.2) is 0 Å². The van der Waals surface area contributed by atoms with Crippen molar-refractivity contribution in [3.63, 3.8) is 0 Å². The molecule has 1 aliphatic carbocycles. The van der Waals surface area contributed by atoms with Gasteiger partial charge in [0.1, 0.15) is 0 Å². The van der Waals surface area contributed by atoms with Crippen LogP contribution in [0.4, 0.5) is 0 Å². The molecule has 2 atom stereocenters. The Hall–Kier alpha value is -1.19. The number of benzene rings is 1. The van der Waals surface area contributed by atoms with Crippen LogP contribution in [0, 0.1) is 5.92 Å². The molecule has 25 heavy (non-hydrogen) atoms. The number of hydrogen-bond donors (Lipinski definition) is 0. The first-order chi connectivity index (χ1) is 12.2. The van der Waals surface area contributed by atoms with E-state index in [0.717, 1.165) is 28.5 Å². The van der Waals surface area contributed by atoms with E-state index in [0.29, 0.717) is 18.4 Å². The number of nitrogens with zero attached hydrogens (tertiary/aromatic N) is 1. The fourth-order valence-corrected chi connectivity index (χ4v) is 4.65. The van der Waals surface area contributed by atoms with E-state index in [1.54, 1.807) is 0 Å². The van der Waals surface area contributed by atoms with Gasteiger partial charge in [0.2, 0.25) is 0 Å². The van der Waals surface area contributed by atoms with Gasteiger partial charge in [0.05, 0.1) is 6.04 Å². The van der Waals surface area contributed by atoms with E-state index >= 15 is 0 Å². The Balaban J connectivity index is 1.94. The van der Waals surface area contributed by atoms with Gasteiger partial charge >= 0.3 is 0 Å². The van der Waals surface area contributed by atoms with Crippen molar-refractivity contribution in [3.05, 3.63) is 59.2 Å². The molecule has 0 saturated heterocycles. The molecule has 0 bridgehead atoms. The summed E-state index contributed by atoms with van der Waals surface area (Å²) in [6.45, 7) is 6.00. The third-order valence-electron chi connectivity index (χ3n) is 5.07. The summed E-state index contributed by atoms with van der Waals surface area (Å²) in [4.78, 5) is 15.5. The molecule has 0 radical (unpaired) electrons. The lowest BCUT2D eigenvalue weighted by Crippen LogP contribution is -2.47. The molecule has 2 aliphatic rings. The van der Waals surface area contributed by atoms with E-state index in [4.69, 9.17) is 11.6 Å². The number of carbonyl (C=O) groups is 1. The van der Waals surface area contributed by atoms with Crippen LogP contribution in [-0.2, 0) is 4.79 Å². The molecule has 134 valence electrons. The molecule has 0 aromatic heterocycles. The Morgan fingerprint density at radius 2 is 2.08 bits per heavy atom. The lowest BCUT2D eigenvalue weighted by Gasteiger charge is -2.41. The molecule has 1 amide bonds. The fraction of sp³-hybridized carbons (Fsp3) is 0.476. The van der Waals surface area contributed by atoms with Crippen molar-refractivity contribution >= 4 is 29.3 Å². The summed E-state index contributed by atoms with van der Waals surface area (Å²) in [7, 11) is 0. The van der Waals surface area contributed by atoms with E-state index in [1.807, 2.05) is 30.0 Å². The van der Waals surface area contributed by atoms with Crippen LogP contribution in [0.15, 0.2) is 48.6 Å². The third kappa shape index (κ3) is 4.32. The van der Waals surface area contributed by atoms with Gasteiger partial charge in [-0.1, -0.05) is 42.8 Å². The quantitative estimate of drug-likeness (QED) is 0.547. The van der Waals surface area contributed by atoms with E-state index in [1.165, 1.54) is 18.4 Å². The maximum atomic E-state index is 13.3. The zero-order valence-electron chi connectivity index (χ0n) is 14.8. The molecule has 1 heterocycles.